The average Bonchev–Trinajstić information content (AvgIpc) is 2.86. The number of hydrogen-bond acceptors (Lipinski definition) is 4. The van der Waals surface area contributed by atoms with E-state index in [1.807, 2.05) is 25.1 Å². The zero-order chi connectivity index (χ0) is 24.7. The Kier molecular flexibility index (Phi) is 6.22. The van der Waals surface area contributed by atoms with Crippen LogP contribution in [-0.2, 0) is 4.79 Å². The van der Waals surface area contributed by atoms with Gasteiger partial charge in [-0.25, -0.2) is 0 Å². The summed E-state index contributed by atoms with van der Waals surface area (Å²) >= 11 is 12.5. The number of nitrogens with zero attached hydrogens (tertiary/aromatic N) is 2. The fraction of sp³-hybridized carbons (Fsp3) is 0.179. The molecule has 0 spiro atoms. The highest BCUT2D eigenvalue weighted by atomic mass is 35.5. The Balaban J connectivity index is 1.85. The van der Waals surface area contributed by atoms with Crippen molar-refractivity contribution in [1.82, 2.24) is 4.98 Å². The first-order chi connectivity index (χ1) is 16.9. The van der Waals surface area contributed by atoms with Crippen LogP contribution in [0, 0.1) is 12.3 Å². The molecule has 5 rings (SSSR count). The normalized spacial score (nSPS) is 19.6. The molecule has 1 unspecified atom stereocenters. The molecule has 1 atom stereocenters. The second-order valence-corrected chi connectivity index (χ2v) is 9.54. The van der Waals surface area contributed by atoms with Crippen LogP contribution in [0.15, 0.2) is 83.8 Å². The van der Waals surface area contributed by atoms with Gasteiger partial charge in [0.2, 0.25) is 0 Å². The van der Waals surface area contributed by atoms with Crippen LogP contribution in [-0.4, -0.2) is 21.7 Å². The second-order valence-electron chi connectivity index (χ2n) is 8.69. The summed E-state index contributed by atoms with van der Waals surface area (Å²) in [6.45, 7) is 1.89. The molecule has 0 saturated carbocycles. The molecule has 2 aromatic carbocycles. The second kappa shape index (κ2) is 9.33. The monoisotopic (exact) mass is 503 g/mol. The zero-order valence-corrected chi connectivity index (χ0v) is 20.6. The highest BCUT2D eigenvalue weighted by molar-refractivity contribution is 6.32. The summed E-state index contributed by atoms with van der Waals surface area (Å²) in [6.07, 6.45) is 5.12. The number of nitrogens with one attached hydrogen (secondary N) is 1. The summed E-state index contributed by atoms with van der Waals surface area (Å²) in [5, 5.41) is 22.1. The van der Waals surface area contributed by atoms with Gasteiger partial charge in [-0.15, -0.1) is 0 Å². The van der Waals surface area contributed by atoms with Gasteiger partial charge in [-0.2, -0.15) is 0 Å². The zero-order valence-electron chi connectivity index (χ0n) is 19.1. The van der Waals surface area contributed by atoms with Gasteiger partial charge < -0.3 is 5.11 Å². The van der Waals surface area contributed by atoms with E-state index in [9.17, 15) is 15.3 Å². The smallest absolute Gasteiger partial charge is 0.161 e. The Morgan fingerprint density at radius 3 is 2.57 bits per heavy atom. The Bertz CT molecular complexity index is 1400. The molecule has 2 N–H and O–H groups in total. The Morgan fingerprint density at radius 1 is 1.09 bits per heavy atom. The minimum Gasteiger partial charge on any atom is -0.507 e. The van der Waals surface area contributed by atoms with Crippen molar-refractivity contribution in [3.8, 4) is 0 Å². The van der Waals surface area contributed by atoms with E-state index in [1.54, 1.807) is 53.7 Å². The number of halogens is 2. The van der Waals surface area contributed by atoms with Crippen LogP contribution in [0.3, 0.4) is 0 Å². The van der Waals surface area contributed by atoms with Crippen LogP contribution < -0.4 is 4.90 Å². The number of ketones is 1. The van der Waals surface area contributed by atoms with Crippen molar-refractivity contribution in [2.45, 2.75) is 32.1 Å². The maximum Gasteiger partial charge on any atom is 0.161 e. The van der Waals surface area contributed by atoms with Crippen molar-refractivity contribution >= 4 is 46.3 Å². The molecule has 0 radical (unpaired) electrons. The first-order valence-corrected chi connectivity index (χ1v) is 12.1. The van der Waals surface area contributed by atoms with E-state index < -0.39 is 5.92 Å². The molecule has 0 fully saturated rings. The van der Waals surface area contributed by atoms with Gasteiger partial charge in [-0.3, -0.25) is 20.1 Å². The molecule has 3 aromatic rings. The SMILES string of the molecule is Cc1c(Cl)cccc1N1C(=N)/C(=C(/O)c2ccc(Cl)cc2)C(c2cccnc2)C2=C1CCCC2=O. The van der Waals surface area contributed by atoms with Gasteiger partial charge in [0.25, 0.3) is 0 Å². The number of Topliss-reactive ketones (excluding diaryl/α,β-unsaturated/α-hetero) is 1. The number of anilines is 1. The van der Waals surface area contributed by atoms with Gasteiger partial charge in [-0.1, -0.05) is 35.3 Å². The van der Waals surface area contributed by atoms with E-state index >= 15 is 0 Å². The Hall–Kier alpha value is -3.41. The Morgan fingerprint density at radius 2 is 1.86 bits per heavy atom. The van der Waals surface area contributed by atoms with Gasteiger partial charge in [-0.05, 0) is 73.4 Å². The van der Waals surface area contributed by atoms with E-state index in [4.69, 9.17) is 23.2 Å². The van der Waals surface area contributed by atoms with Crippen molar-refractivity contribution in [1.29, 1.82) is 5.41 Å². The first-order valence-electron chi connectivity index (χ1n) is 11.4. The summed E-state index contributed by atoms with van der Waals surface area (Å²) < 4.78 is 0. The average molecular weight is 504 g/mol. The molecular formula is C28H23Cl2N3O2. The fourth-order valence-electron chi connectivity index (χ4n) is 4.94. The lowest BCUT2D eigenvalue weighted by atomic mass is 9.73. The fourth-order valence-corrected chi connectivity index (χ4v) is 5.23. The van der Waals surface area contributed by atoms with E-state index in [0.717, 1.165) is 22.5 Å². The van der Waals surface area contributed by atoms with E-state index in [2.05, 4.69) is 4.98 Å². The quantitative estimate of drug-likeness (QED) is 0.368. The lowest BCUT2D eigenvalue weighted by Crippen LogP contribution is -2.42. The van der Waals surface area contributed by atoms with Crippen LogP contribution in [0.5, 0.6) is 0 Å². The first kappa shape index (κ1) is 23.3. The van der Waals surface area contributed by atoms with E-state index in [-0.39, 0.29) is 17.4 Å². The standard InChI is InChI=1S/C28H23Cl2N3O2/c1-16-20(30)6-2-7-21(16)33-22-8-3-9-23(34)25(22)24(18-5-4-14-32-15-18)26(28(33)31)27(35)17-10-12-19(29)13-11-17/h2,4-7,10-15,24,31,35H,3,8-9H2,1H3/b27-26+,31-28?. The van der Waals surface area contributed by atoms with Crippen LogP contribution in [0.4, 0.5) is 5.69 Å². The third-order valence-electron chi connectivity index (χ3n) is 6.63. The number of aliphatic hydroxyl groups excluding tert-OH is 1. The lowest BCUT2D eigenvalue weighted by Gasteiger charge is -2.42. The van der Waals surface area contributed by atoms with Crippen LogP contribution in [0.2, 0.25) is 10.0 Å². The molecule has 1 aliphatic carbocycles. The molecule has 2 heterocycles. The topological polar surface area (TPSA) is 77.3 Å². The third-order valence-corrected chi connectivity index (χ3v) is 7.29. The molecule has 7 heteroatoms. The molecule has 1 aliphatic heterocycles. The van der Waals surface area contributed by atoms with Crippen molar-refractivity contribution in [2.24, 2.45) is 0 Å². The number of carbonyl (C=O) groups is 1. The van der Waals surface area contributed by atoms with Crippen molar-refractivity contribution in [3.63, 3.8) is 0 Å². The van der Waals surface area contributed by atoms with Crippen molar-refractivity contribution in [3.05, 3.63) is 111 Å². The number of pyridine rings is 1. The number of carbonyl (C=O) groups excluding carboxylic acids is 1. The molecular weight excluding hydrogens is 481 g/mol. The minimum atomic E-state index is -0.620. The van der Waals surface area contributed by atoms with Crippen LogP contribution in [0.1, 0.15) is 41.9 Å². The summed E-state index contributed by atoms with van der Waals surface area (Å²) in [4.78, 5) is 19.5. The third kappa shape index (κ3) is 4.05. The van der Waals surface area contributed by atoms with Crippen LogP contribution >= 0.6 is 23.2 Å². The predicted molar refractivity (Wildman–Crippen MR) is 140 cm³/mol. The number of benzene rings is 2. The number of amidine groups is 1. The molecule has 0 saturated heterocycles. The number of aromatic nitrogens is 1. The predicted octanol–water partition coefficient (Wildman–Crippen LogP) is 7.25. The number of rotatable bonds is 3. The summed E-state index contributed by atoms with van der Waals surface area (Å²) in [5.74, 6) is -0.579. The maximum atomic E-state index is 13.5. The van der Waals surface area contributed by atoms with Crippen molar-refractivity contribution < 1.29 is 9.90 Å². The molecule has 0 bridgehead atoms. The molecule has 0 amide bonds. The number of aliphatic hydroxyl groups is 1. The van der Waals surface area contributed by atoms with E-state index in [0.29, 0.717) is 46.0 Å². The molecule has 2 aliphatic rings. The summed E-state index contributed by atoms with van der Waals surface area (Å²) in [7, 11) is 0. The van der Waals surface area contributed by atoms with Crippen LogP contribution in [0.25, 0.3) is 5.76 Å². The largest absolute Gasteiger partial charge is 0.507 e. The molecule has 1 aromatic heterocycles. The summed E-state index contributed by atoms with van der Waals surface area (Å²) in [5.41, 5.74) is 4.49. The maximum absolute atomic E-state index is 13.5. The number of allylic oxidation sites excluding steroid dienone is 2. The molecule has 176 valence electrons. The van der Waals surface area contributed by atoms with Gasteiger partial charge in [0, 0.05) is 57.2 Å². The molecule has 35 heavy (non-hydrogen) atoms. The Labute approximate surface area is 213 Å². The van der Waals surface area contributed by atoms with Gasteiger partial charge >= 0.3 is 0 Å². The highest BCUT2D eigenvalue weighted by Crippen LogP contribution is 2.48. The van der Waals surface area contributed by atoms with Gasteiger partial charge in [0.05, 0.1) is 5.69 Å². The lowest BCUT2D eigenvalue weighted by molar-refractivity contribution is -0.116. The van der Waals surface area contributed by atoms with Gasteiger partial charge in [0.15, 0.2) is 5.78 Å². The van der Waals surface area contributed by atoms with Gasteiger partial charge in [0.1, 0.15) is 11.6 Å². The minimum absolute atomic E-state index is 0.0127. The van der Waals surface area contributed by atoms with E-state index in [1.165, 1.54) is 0 Å². The summed E-state index contributed by atoms with van der Waals surface area (Å²) in [6, 6.07) is 16.0. The number of hydrogen-bond donors (Lipinski definition) is 2. The van der Waals surface area contributed by atoms with Crippen molar-refractivity contribution in [2.75, 3.05) is 4.90 Å². The highest BCUT2D eigenvalue weighted by Gasteiger charge is 2.43. The molecule has 5 nitrogen and oxygen atoms in total.